The zero-order chi connectivity index (χ0) is 12.7. The van der Waals surface area contributed by atoms with Gasteiger partial charge in [0.25, 0.3) is 5.92 Å². The summed E-state index contributed by atoms with van der Waals surface area (Å²) in [6, 6.07) is 6.20. The first kappa shape index (κ1) is 12.9. The third-order valence-corrected chi connectivity index (χ3v) is 5.45. The van der Waals surface area contributed by atoms with Gasteiger partial charge in [0.05, 0.1) is 11.4 Å². The van der Waals surface area contributed by atoms with E-state index in [4.69, 9.17) is 0 Å². The smallest absolute Gasteiger partial charge is 0.207 e. The first-order valence-electron chi connectivity index (χ1n) is 4.95. The molecule has 0 spiro atoms. The molecule has 0 bridgehead atoms. The molecular formula is C10H10BrF2NO2S. The molecule has 0 aromatic heterocycles. The summed E-state index contributed by atoms with van der Waals surface area (Å²) in [5, 5.41) is 0. The summed E-state index contributed by atoms with van der Waals surface area (Å²) in [7, 11) is -3.83. The lowest BCUT2D eigenvalue weighted by molar-refractivity contribution is 0.0183. The maximum absolute atomic E-state index is 13.0. The van der Waals surface area contributed by atoms with E-state index in [9.17, 15) is 17.2 Å². The molecule has 0 amide bonds. The second-order valence-electron chi connectivity index (χ2n) is 3.87. The Hall–Kier alpha value is -0.530. The molecule has 0 N–H and O–H groups in total. The lowest BCUT2D eigenvalue weighted by Crippen LogP contribution is -2.31. The van der Waals surface area contributed by atoms with Crippen LogP contribution in [-0.2, 0) is 10.0 Å². The SMILES string of the molecule is O=S(=O)(c1ccccc1Br)N1CCC(F)(F)C1. The summed E-state index contributed by atoms with van der Waals surface area (Å²) in [4.78, 5) is 0.0256. The summed E-state index contributed by atoms with van der Waals surface area (Å²) in [6.45, 7) is -0.882. The van der Waals surface area contributed by atoms with Crippen LogP contribution >= 0.6 is 15.9 Å². The van der Waals surface area contributed by atoms with Crippen molar-refractivity contribution >= 4 is 26.0 Å². The predicted octanol–water partition coefficient (Wildman–Crippen LogP) is 2.48. The highest BCUT2D eigenvalue weighted by Crippen LogP contribution is 2.33. The fourth-order valence-electron chi connectivity index (χ4n) is 1.70. The monoisotopic (exact) mass is 325 g/mol. The normalized spacial score (nSPS) is 20.6. The van der Waals surface area contributed by atoms with Crippen molar-refractivity contribution in [3.05, 3.63) is 28.7 Å². The molecule has 1 saturated heterocycles. The van der Waals surface area contributed by atoms with Gasteiger partial charge in [0.2, 0.25) is 10.0 Å². The maximum Gasteiger partial charge on any atom is 0.262 e. The largest absolute Gasteiger partial charge is 0.262 e. The van der Waals surface area contributed by atoms with Gasteiger partial charge < -0.3 is 0 Å². The maximum atomic E-state index is 13.0. The van der Waals surface area contributed by atoms with E-state index >= 15 is 0 Å². The van der Waals surface area contributed by atoms with Crippen molar-refractivity contribution in [1.29, 1.82) is 0 Å². The van der Waals surface area contributed by atoms with Gasteiger partial charge in [0.15, 0.2) is 0 Å². The molecule has 94 valence electrons. The van der Waals surface area contributed by atoms with Crippen LogP contribution in [0, 0.1) is 0 Å². The zero-order valence-corrected chi connectivity index (χ0v) is 11.1. The summed E-state index contributed by atoms with van der Waals surface area (Å²) in [5.74, 6) is -2.92. The van der Waals surface area contributed by atoms with Crippen LogP contribution in [0.15, 0.2) is 33.6 Å². The molecule has 1 fully saturated rings. The molecule has 0 atom stereocenters. The van der Waals surface area contributed by atoms with Crippen LogP contribution in [0.1, 0.15) is 6.42 Å². The molecule has 1 aliphatic heterocycles. The van der Waals surface area contributed by atoms with Gasteiger partial charge in [0, 0.05) is 17.4 Å². The van der Waals surface area contributed by atoms with Crippen LogP contribution in [0.25, 0.3) is 0 Å². The second-order valence-corrected chi connectivity index (χ2v) is 6.64. The molecule has 0 radical (unpaired) electrons. The van der Waals surface area contributed by atoms with E-state index in [2.05, 4.69) is 15.9 Å². The summed E-state index contributed by atoms with van der Waals surface area (Å²) >= 11 is 3.11. The van der Waals surface area contributed by atoms with E-state index in [0.717, 1.165) is 4.31 Å². The van der Waals surface area contributed by atoms with E-state index < -0.39 is 28.9 Å². The quantitative estimate of drug-likeness (QED) is 0.837. The van der Waals surface area contributed by atoms with E-state index in [1.807, 2.05) is 0 Å². The Bertz CT molecular complexity index is 533. The van der Waals surface area contributed by atoms with Crippen LogP contribution in [0.3, 0.4) is 0 Å². The Morgan fingerprint density at radius 1 is 1.29 bits per heavy atom. The number of sulfonamides is 1. The minimum absolute atomic E-state index is 0.0256. The molecule has 3 nitrogen and oxygen atoms in total. The van der Waals surface area contributed by atoms with E-state index in [1.165, 1.54) is 6.07 Å². The third-order valence-electron chi connectivity index (χ3n) is 2.59. The standard InChI is InChI=1S/C10H10BrF2NO2S/c11-8-3-1-2-4-9(8)17(15,16)14-6-5-10(12,13)7-14/h1-4H,5-7H2. The average Bonchev–Trinajstić information content (AvgIpc) is 2.60. The Kier molecular flexibility index (Phi) is 3.26. The first-order chi connectivity index (χ1) is 7.83. The molecule has 0 aliphatic carbocycles. The third kappa shape index (κ3) is 2.51. The van der Waals surface area contributed by atoms with Gasteiger partial charge in [-0.05, 0) is 28.1 Å². The molecule has 2 rings (SSSR count). The van der Waals surface area contributed by atoms with Gasteiger partial charge >= 0.3 is 0 Å². The Morgan fingerprint density at radius 2 is 1.94 bits per heavy atom. The number of hydrogen-bond acceptors (Lipinski definition) is 2. The molecular weight excluding hydrogens is 316 g/mol. The molecule has 1 heterocycles. The summed E-state index contributed by atoms with van der Waals surface area (Å²) in [5.41, 5.74) is 0. The van der Waals surface area contributed by atoms with E-state index in [1.54, 1.807) is 18.2 Å². The molecule has 1 aromatic carbocycles. The number of alkyl halides is 2. The van der Waals surface area contributed by atoms with Crippen LogP contribution in [0.5, 0.6) is 0 Å². The highest BCUT2D eigenvalue weighted by Gasteiger charge is 2.43. The van der Waals surface area contributed by atoms with E-state index in [-0.39, 0.29) is 11.4 Å². The number of hydrogen-bond donors (Lipinski definition) is 0. The van der Waals surface area contributed by atoms with Gasteiger partial charge in [-0.1, -0.05) is 12.1 Å². The minimum Gasteiger partial charge on any atom is -0.207 e. The van der Waals surface area contributed by atoms with Crippen LogP contribution in [0.4, 0.5) is 8.78 Å². The van der Waals surface area contributed by atoms with E-state index in [0.29, 0.717) is 4.47 Å². The van der Waals surface area contributed by atoms with Crippen molar-refractivity contribution in [2.75, 3.05) is 13.1 Å². The van der Waals surface area contributed by atoms with Crippen LogP contribution in [-0.4, -0.2) is 31.7 Å². The van der Waals surface area contributed by atoms with Gasteiger partial charge in [-0.15, -0.1) is 0 Å². The highest BCUT2D eigenvalue weighted by atomic mass is 79.9. The Morgan fingerprint density at radius 3 is 2.47 bits per heavy atom. The number of halogens is 3. The van der Waals surface area contributed by atoms with Crippen molar-refractivity contribution in [1.82, 2.24) is 4.31 Å². The van der Waals surface area contributed by atoms with Gasteiger partial charge in [0.1, 0.15) is 0 Å². The van der Waals surface area contributed by atoms with Crippen molar-refractivity contribution in [2.45, 2.75) is 17.2 Å². The first-order valence-corrected chi connectivity index (χ1v) is 7.19. The second kappa shape index (κ2) is 4.29. The predicted molar refractivity (Wildman–Crippen MR) is 62.5 cm³/mol. The summed E-state index contributed by atoms with van der Waals surface area (Å²) in [6.07, 6.45) is -0.420. The number of nitrogens with zero attached hydrogens (tertiary/aromatic N) is 1. The molecule has 0 saturated carbocycles. The minimum atomic E-state index is -3.83. The van der Waals surface area contributed by atoms with Crippen molar-refractivity contribution in [3.63, 3.8) is 0 Å². The molecule has 0 unspecified atom stereocenters. The topological polar surface area (TPSA) is 37.4 Å². The molecule has 1 aliphatic rings. The molecule has 1 aromatic rings. The summed E-state index contributed by atoms with van der Waals surface area (Å²) < 4.78 is 51.5. The number of benzene rings is 1. The number of rotatable bonds is 2. The highest BCUT2D eigenvalue weighted by molar-refractivity contribution is 9.10. The zero-order valence-electron chi connectivity index (χ0n) is 8.74. The lowest BCUT2D eigenvalue weighted by atomic mass is 10.3. The lowest BCUT2D eigenvalue weighted by Gasteiger charge is -2.16. The van der Waals surface area contributed by atoms with Crippen molar-refractivity contribution < 1.29 is 17.2 Å². The van der Waals surface area contributed by atoms with Crippen molar-refractivity contribution in [3.8, 4) is 0 Å². The fraction of sp³-hybridized carbons (Fsp3) is 0.400. The van der Waals surface area contributed by atoms with Crippen LogP contribution < -0.4 is 0 Å². The molecule has 7 heteroatoms. The fourth-order valence-corrected chi connectivity index (χ4v) is 4.13. The van der Waals surface area contributed by atoms with Crippen molar-refractivity contribution in [2.24, 2.45) is 0 Å². The average molecular weight is 326 g/mol. The Labute approximate surface area is 107 Å². The van der Waals surface area contributed by atoms with Gasteiger partial charge in [-0.3, -0.25) is 0 Å². The van der Waals surface area contributed by atoms with Gasteiger partial charge in [-0.25, -0.2) is 17.2 Å². The molecule has 17 heavy (non-hydrogen) atoms. The van der Waals surface area contributed by atoms with Crippen LogP contribution in [0.2, 0.25) is 0 Å². The van der Waals surface area contributed by atoms with Gasteiger partial charge in [-0.2, -0.15) is 4.31 Å². The Balaban J connectivity index is 2.36.